The lowest BCUT2D eigenvalue weighted by atomic mass is 10.1. The minimum atomic E-state index is -2.54. The van der Waals surface area contributed by atoms with E-state index in [1.165, 1.54) is 24.3 Å². The first-order valence-corrected chi connectivity index (χ1v) is 4.80. The maximum atomic E-state index is 12.9. The lowest BCUT2D eigenvalue weighted by molar-refractivity contribution is -0.143. The van der Waals surface area contributed by atoms with Gasteiger partial charge in [-0.3, -0.25) is 0 Å². The number of hydrogen-bond acceptors (Lipinski definition) is 2. The predicted molar refractivity (Wildman–Crippen MR) is 49.8 cm³/mol. The first-order valence-electron chi connectivity index (χ1n) is 3.92. The molecule has 2 nitrogen and oxygen atoms in total. The number of benzene rings is 1. The largest absolute Gasteiger partial charge is 0.479 e. The zero-order chi connectivity index (χ0) is 11.4. The van der Waals surface area contributed by atoms with Crippen LogP contribution in [0.25, 0.3) is 0 Å². The van der Waals surface area contributed by atoms with Crippen molar-refractivity contribution in [3.8, 4) is 0 Å². The van der Waals surface area contributed by atoms with Crippen LogP contribution in [0.1, 0.15) is 11.7 Å². The Morgan fingerprint density at radius 1 is 1.20 bits per heavy atom. The number of carboxylic acids is 1. The Bertz CT molecular complexity index is 340. The fourth-order valence-corrected chi connectivity index (χ4v) is 1.46. The molecule has 0 radical (unpaired) electrons. The highest BCUT2D eigenvalue weighted by Crippen LogP contribution is 2.27. The molecule has 0 amide bonds. The number of carbonyl (C=O) groups is 1. The Balaban J connectivity index is 2.76. The molecule has 82 valence electrons. The molecule has 0 saturated carbocycles. The Labute approximate surface area is 88.1 Å². The van der Waals surface area contributed by atoms with Gasteiger partial charge in [-0.1, -0.05) is 23.9 Å². The van der Waals surface area contributed by atoms with Gasteiger partial charge in [0.15, 0.2) is 0 Å². The number of alkyl halides is 3. The normalized spacial score (nSPS) is 12.8. The zero-order valence-corrected chi connectivity index (χ0v) is 8.18. The topological polar surface area (TPSA) is 37.3 Å². The van der Waals surface area contributed by atoms with Crippen LogP contribution in [0, 0.1) is 0 Å². The summed E-state index contributed by atoms with van der Waals surface area (Å²) in [4.78, 5) is 10.5. The summed E-state index contributed by atoms with van der Waals surface area (Å²) in [5.41, 5.74) is -0.0545. The molecule has 0 aliphatic rings. The van der Waals surface area contributed by atoms with Crippen molar-refractivity contribution < 1.29 is 23.1 Å². The van der Waals surface area contributed by atoms with Gasteiger partial charge in [-0.2, -0.15) is 8.78 Å². The summed E-state index contributed by atoms with van der Waals surface area (Å²) in [6.45, 7) is 0. The van der Waals surface area contributed by atoms with Gasteiger partial charge in [0, 0.05) is 4.90 Å². The highest BCUT2D eigenvalue weighted by Gasteiger charge is 2.18. The van der Waals surface area contributed by atoms with Gasteiger partial charge in [0.1, 0.15) is 0 Å². The van der Waals surface area contributed by atoms with Gasteiger partial charge < -0.3 is 5.11 Å². The highest BCUT2D eigenvalue weighted by molar-refractivity contribution is 7.99. The number of hydrogen-bond donors (Lipinski definition) is 1. The summed E-state index contributed by atoms with van der Waals surface area (Å²) in [5.74, 6) is -4.14. The lowest BCUT2D eigenvalue weighted by Gasteiger charge is -2.04. The average molecular weight is 236 g/mol. The van der Waals surface area contributed by atoms with Gasteiger partial charge in [0.05, 0.1) is 0 Å². The summed E-state index contributed by atoms with van der Waals surface area (Å²) >= 11 is 0.324. The first kappa shape index (κ1) is 11.9. The van der Waals surface area contributed by atoms with Crippen molar-refractivity contribution in [3.63, 3.8) is 0 Å². The minimum Gasteiger partial charge on any atom is -0.479 e. The molecule has 0 aliphatic heterocycles. The van der Waals surface area contributed by atoms with E-state index in [1.54, 1.807) is 0 Å². The van der Waals surface area contributed by atoms with Crippen LogP contribution in [0.2, 0.25) is 0 Å². The molecular weight excluding hydrogens is 229 g/mol. The SMILES string of the molecule is O=C(O)C(F)c1ccc(SC(F)F)cc1. The molecule has 0 saturated heterocycles. The third kappa shape index (κ3) is 3.47. The molecule has 0 bridgehead atoms. The maximum absolute atomic E-state index is 12.9. The van der Waals surface area contributed by atoms with Crippen LogP contribution >= 0.6 is 11.8 Å². The van der Waals surface area contributed by atoms with Crippen LogP contribution in [0.4, 0.5) is 13.2 Å². The zero-order valence-electron chi connectivity index (χ0n) is 7.36. The van der Waals surface area contributed by atoms with Crippen molar-refractivity contribution in [2.75, 3.05) is 0 Å². The van der Waals surface area contributed by atoms with Crippen molar-refractivity contribution in [1.29, 1.82) is 0 Å². The van der Waals surface area contributed by atoms with E-state index >= 15 is 0 Å². The van der Waals surface area contributed by atoms with E-state index in [2.05, 4.69) is 0 Å². The quantitative estimate of drug-likeness (QED) is 0.816. The van der Waals surface area contributed by atoms with E-state index < -0.39 is 17.9 Å². The second kappa shape index (κ2) is 5.06. The van der Waals surface area contributed by atoms with Gasteiger partial charge >= 0.3 is 5.97 Å². The van der Waals surface area contributed by atoms with Crippen LogP contribution in [0.15, 0.2) is 29.2 Å². The summed E-state index contributed by atoms with van der Waals surface area (Å²) in [5, 5.41) is 8.35. The van der Waals surface area contributed by atoms with Gasteiger partial charge in [0.2, 0.25) is 6.17 Å². The van der Waals surface area contributed by atoms with Crippen LogP contribution in [0.5, 0.6) is 0 Å². The number of aliphatic carboxylic acids is 1. The standard InChI is InChI=1S/C9H7F3O2S/c10-7(8(13)14)5-1-3-6(4-2-5)15-9(11)12/h1-4,7,9H,(H,13,14). The first-order chi connectivity index (χ1) is 7.00. The molecule has 0 aromatic heterocycles. The molecule has 1 rings (SSSR count). The van der Waals surface area contributed by atoms with E-state index in [4.69, 9.17) is 5.11 Å². The third-order valence-corrected chi connectivity index (χ3v) is 2.34. The number of halogens is 3. The van der Waals surface area contributed by atoms with E-state index in [0.717, 1.165) is 0 Å². The van der Waals surface area contributed by atoms with Gasteiger partial charge in [-0.05, 0) is 17.7 Å². The van der Waals surface area contributed by atoms with E-state index in [1.807, 2.05) is 0 Å². The molecular formula is C9H7F3O2S. The fraction of sp³-hybridized carbons (Fsp3) is 0.222. The molecule has 6 heteroatoms. The second-order valence-corrected chi connectivity index (χ2v) is 3.71. The molecule has 0 aliphatic carbocycles. The summed E-state index contributed by atoms with van der Waals surface area (Å²) in [6, 6.07) is 4.90. The minimum absolute atomic E-state index is 0.0545. The van der Waals surface area contributed by atoms with Gasteiger partial charge in [-0.25, -0.2) is 9.18 Å². The Morgan fingerprint density at radius 2 is 1.73 bits per heavy atom. The molecule has 0 fully saturated rings. The summed E-state index contributed by atoms with van der Waals surface area (Å²) < 4.78 is 36.7. The highest BCUT2D eigenvalue weighted by atomic mass is 32.2. The number of thioether (sulfide) groups is 1. The Morgan fingerprint density at radius 3 is 2.13 bits per heavy atom. The Kier molecular flexibility index (Phi) is 4.02. The maximum Gasteiger partial charge on any atom is 0.343 e. The van der Waals surface area contributed by atoms with Crippen LogP contribution < -0.4 is 0 Å². The Hall–Kier alpha value is -1.17. The predicted octanol–water partition coefficient (Wildman–Crippen LogP) is 3.10. The van der Waals surface area contributed by atoms with Crippen molar-refractivity contribution >= 4 is 17.7 Å². The number of carboxylic acid groups (broad SMARTS) is 1. The second-order valence-electron chi connectivity index (χ2n) is 2.65. The van der Waals surface area contributed by atoms with Gasteiger partial charge in [0.25, 0.3) is 5.76 Å². The third-order valence-electron chi connectivity index (χ3n) is 1.61. The summed E-state index contributed by atoms with van der Waals surface area (Å²) in [6.07, 6.45) is -2.12. The lowest BCUT2D eigenvalue weighted by Crippen LogP contribution is -2.05. The van der Waals surface area contributed by atoms with Crippen molar-refractivity contribution in [2.24, 2.45) is 0 Å². The fourth-order valence-electron chi connectivity index (χ4n) is 0.961. The molecule has 1 unspecified atom stereocenters. The van der Waals surface area contributed by atoms with Gasteiger partial charge in [-0.15, -0.1) is 0 Å². The van der Waals surface area contributed by atoms with Crippen LogP contribution in [0.3, 0.4) is 0 Å². The molecule has 1 atom stereocenters. The van der Waals surface area contributed by atoms with E-state index in [0.29, 0.717) is 11.8 Å². The smallest absolute Gasteiger partial charge is 0.343 e. The van der Waals surface area contributed by atoms with Crippen LogP contribution in [-0.4, -0.2) is 16.8 Å². The molecule has 1 aromatic rings. The van der Waals surface area contributed by atoms with Crippen molar-refractivity contribution in [3.05, 3.63) is 29.8 Å². The van der Waals surface area contributed by atoms with Crippen molar-refractivity contribution in [2.45, 2.75) is 16.8 Å². The molecule has 0 spiro atoms. The average Bonchev–Trinajstić information content (AvgIpc) is 2.17. The monoisotopic (exact) mass is 236 g/mol. The molecule has 1 N–H and O–H groups in total. The molecule has 15 heavy (non-hydrogen) atoms. The molecule has 1 aromatic carbocycles. The van der Waals surface area contributed by atoms with Crippen molar-refractivity contribution in [1.82, 2.24) is 0 Å². The molecule has 0 heterocycles. The van der Waals surface area contributed by atoms with Crippen LogP contribution in [-0.2, 0) is 4.79 Å². The van der Waals surface area contributed by atoms with E-state index in [-0.39, 0.29) is 10.5 Å². The number of rotatable bonds is 4. The summed E-state index contributed by atoms with van der Waals surface area (Å²) in [7, 11) is 0. The van der Waals surface area contributed by atoms with E-state index in [9.17, 15) is 18.0 Å².